The zero-order valence-electron chi connectivity index (χ0n) is 15.4. The summed E-state index contributed by atoms with van der Waals surface area (Å²) >= 11 is 0. The first kappa shape index (κ1) is 23.4. The Bertz CT molecular complexity index is 358. The average Bonchev–Trinajstić information content (AvgIpc) is 2.56. The van der Waals surface area contributed by atoms with Crippen molar-refractivity contribution in [3.63, 3.8) is 0 Å². The van der Waals surface area contributed by atoms with Crippen molar-refractivity contribution in [2.45, 2.75) is 84.0 Å². The number of hydrogen-bond acceptors (Lipinski definition) is 1. The molecular formula is C20H39NO3. The fourth-order valence-electron chi connectivity index (χ4n) is 5.56. The van der Waals surface area contributed by atoms with Crippen LogP contribution in [0, 0.1) is 46.8 Å². The number of rotatable bonds is 2. The van der Waals surface area contributed by atoms with Gasteiger partial charge in [-0.3, -0.25) is 0 Å². The first-order valence-electron chi connectivity index (χ1n) is 9.66. The smallest absolute Gasteiger partial charge is 0.0655 e. The molecule has 0 radical (unpaired) electrons. The van der Waals surface area contributed by atoms with Crippen LogP contribution in [0.4, 0.5) is 0 Å². The molecule has 0 aromatic heterocycles. The molecule has 0 aromatic rings. The normalized spacial score (nSPS) is 39.3. The van der Waals surface area contributed by atoms with Gasteiger partial charge >= 0.3 is 0 Å². The Hall–Kier alpha value is -0.630. The van der Waals surface area contributed by atoms with Crippen LogP contribution in [0.2, 0.25) is 0 Å². The van der Waals surface area contributed by atoms with E-state index in [0.29, 0.717) is 5.92 Å². The first-order chi connectivity index (χ1) is 10.3. The lowest BCUT2D eigenvalue weighted by Crippen LogP contribution is -2.29. The van der Waals surface area contributed by atoms with E-state index in [-0.39, 0.29) is 16.4 Å². The van der Waals surface area contributed by atoms with Gasteiger partial charge in [0.05, 0.1) is 6.07 Å². The van der Waals surface area contributed by atoms with E-state index in [0.717, 1.165) is 29.6 Å². The molecule has 4 heteroatoms. The molecule has 0 bridgehead atoms. The lowest BCUT2D eigenvalue weighted by Gasteiger charge is -2.40. The van der Waals surface area contributed by atoms with Crippen LogP contribution in [0.5, 0.6) is 0 Å². The lowest BCUT2D eigenvalue weighted by molar-refractivity contribution is 0.111. The lowest BCUT2D eigenvalue weighted by atomic mass is 9.65. The van der Waals surface area contributed by atoms with Crippen LogP contribution in [0.15, 0.2) is 0 Å². The highest BCUT2D eigenvalue weighted by Crippen LogP contribution is 2.45. The molecule has 3 rings (SSSR count). The molecule has 0 aromatic carbocycles. The first-order valence-corrected chi connectivity index (χ1v) is 9.66. The van der Waals surface area contributed by atoms with Crippen molar-refractivity contribution in [1.29, 1.82) is 5.26 Å². The predicted molar refractivity (Wildman–Crippen MR) is 98.5 cm³/mol. The summed E-state index contributed by atoms with van der Waals surface area (Å²) in [4.78, 5) is 0. The molecule has 0 unspecified atom stereocenters. The third kappa shape index (κ3) is 5.72. The topological polar surface area (TPSA) is 118 Å². The molecule has 0 amide bonds. The largest absolute Gasteiger partial charge is 0.412 e. The SMILES string of the molecule is CC1CCC(C2CCC(C3CCC(C#N)CC3)CC2)CC1.O.O.O. The molecule has 4 nitrogen and oxygen atoms in total. The van der Waals surface area contributed by atoms with Gasteiger partial charge in [0.1, 0.15) is 0 Å². The van der Waals surface area contributed by atoms with Crippen molar-refractivity contribution < 1.29 is 16.4 Å². The monoisotopic (exact) mass is 341 g/mol. The number of nitriles is 1. The molecule has 0 spiro atoms. The molecule has 3 saturated carbocycles. The van der Waals surface area contributed by atoms with Gasteiger partial charge in [0.15, 0.2) is 0 Å². The molecule has 0 heterocycles. The van der Waals surface area contributed by atoms with Gasteiger partial charge < -0.3 is 16.4 Å². The predicted octanol–water partition coefficient (Wildman–Crippen LogP) is 3.47. The summed E-state index contributed by atoms with van der Waals surface area (Å²) < 4.78 is 0. The Labute approximate surface area is 147 Å². The molecule has 0 aliphatic heterocycles. The fraction of sp³-hybridized carbons (Fsp3) is 0.950. The van der Waals surface area contributed by atoms with Crippen molar-refractivity contribution in [2.24, 2.45) is 35.5 Å². The summed E-state index contributed by atoms with van der Waals surface area (Å²) in [5.74, 6) is 5.46. The van der Waals surface area contributed by atoms with Crippen LogP contribution in [-0.2, 0) is 0 Å². The van der Waals surface area contributed by atoms with Crippen molar-refractivity contribution in [1.82, 2.24) is 0 Å². The molecule has 24 heavy (non-hydrogen) atoms. The van der Waals surface area contributed by atoms with Crippen LogP contribution >= 0.6 is 0 Å². The maximum Gasteiger partial charge on any atom is 0.0655 e. The summed E-state index contributed by atoms with van der Waals surface area (Å²) in [5, 5.41) is 9.04. The second-order valence-corrected chi connectivity index (χ2v) is 8.44. The molecule has 0 atom stereocenters. The zero-order valence-corrected chi connectivity index (χ0v) is 15.4. The average molecular weight is 342 g/mol. The summed E-state index contributed by atoms with van der Waals surface area (Å²) in [6, 6.07) is 2.48. The van der Waals surface area contributed by atoms with Gasteiger partial charge in [0.2, 0.25) is 0 Å². The summed E-state index contributed by atoms with van der Waals surface area (Å²) in [5.41, 5.74) is 0. The van der Waals surface area contributed by atoms with E-state index < -0.39 is 0 Å². The van der Waals surface area contributed by atoms with Crippen LogP contribution in [0.25, 0.3) is 0 Å². The quantitative estimate of drug-likeness (QED) is 0.750. The Morgan fingerprint density at radius 2 is 0.833 bits per heavy atom. The van der Waals surface area contributed by atoms with Crippen molar-refractivity contribution >= 4 is 0 Å². The minimum absolute atomic E-state index is 0. The number of hydrogen-bond donors (Lipinski definition) is 0. The van der Waals surface area contributed by atoms with Gasteiger partial charge in [0, 0.05) is 5.92 Å². The Morgan fingerprint density at radius 3 is 1.17 bits per heavy atom. The van der Waals surface area contributed by atoms with E-state index in [1.165, 1.54) is 77.0 Å². The van der Waals surface area contributed by atoms with Crippen LogP contribution < -0.4 is 0 Å². The molecular weight excluding hydrogens is 302 g/mol. The highest BCUT2D eigenvalue weighted by molar-refractivity contribution is 4.90. The third-order valence-electron chi connectivity index (χ3n) is 7.16. The van der Waals surface area contributed by atoms with E-state index in [2.05, 4.69) is 13.0 Å². The van der Waals surface area contributed by atoms with E-state index in [4.69, 9.17) is 5.26 Å². The van der Waals surface area contributed by atoms with Crippen molar-refractivity contribution in [3.8, 4) is 6.07 Å². The Kier molecular flexibility index (Phi) is 10.8. The molecule has 3 aliphatic carbocycles. The van der Waals surface area contributed by atoms with Crippen LogP contribution in [0.1, 0.15) is 84.0 Å². The molecule has 3 fully saturated rings. The molecule has 6 N–H and O–H groups in total. The van der Waals surface area contributed by atoms with Gasteiger partial charge in [0.25, 0.3) is 0 Å². The maximum absolute atomic E-state index is 9.04. The summed E-state index contributed by atoms with van der Waals surface area (Å²) in [7, 11) is 0. The fourth-order valence-corrected chi connectivity index (χ4v) is 5.56. The van der Waals surface area contributed by atoms with Gasteiger partial charge in [-0.1, -0.05) is 19.8 Å². The Morgan fingerprint density at radius 1 is 0.542 bits per heavy atom. The minimum atomic E-state index is 0. The van der Waals surface area contributed by atoms with Gasteiger partial charge in [-0.2, -0.15) is 5.26 Å². The minimum Gasteiger partial charge on any atom is -0.412 e. The summed E-state index contributed by atoms with van der Waals surface area (Å²) in [6.07, 6.45) is 17.1. The molecule has 142 valence electrons. The van der Waals surface area contributed by atoms with Crippen molar-refractivity contribution in [2.75, 3.05) is 0 Å². The molecule has 3 aliphatic rings. The van der Waals surface area contributed by atoms with E-state index >= 15 is 0 Å². The molecule has 0 saturated heterocycles. The highest BCUT2D eigenvalue weighted by atomic mass is 16.0. The van der Waals surface area contributed by atoms with E-state index in [1.807, 2.05) is 0 Å². The number of nitrogens with zero attached hydrogens (tertiary/aromatic N) is 1. The second kappa shape index (κ2) is 11.1. The third-order valence-corrected chi connectivity index (χ3v) is 7.16. The highest BCUT2D eigenvalue weighted by Gasteiger charge is 2.34. The van der Waals surface area contributed by atoms with Gasteiger partial charge in [-0.05, 0) is 93.8 Å². The van der Waals surface area contributed by atoms with E-state index in [1.54, 1.807) is 0 Å². The maximum atomic E-state index is 9.04. The van der Waals surface area contributed by atoms with Crippen LogP contribution in [-0.4, -0.2) is 16.4 Å². The van der Waals surface area contributed by atoms with Crippen molar-refractivity contribution in [3.05, 3.63) is 0 Å². The zero-order chi connectivity index (χ0) is 14.7. The second-order valence-electron chi connectivity index (χ2n) is 8.44. The standard InChI is InChI=1S/C20H33N.3H2O/c1-15-2-6-17(7-3-15)19-10-12-20(13-11-19)18-8-4-16(14-21)5-9-18;;;/h15-20H,2-13H2,1H3;3*1H2. The van der Waals surface area contributed by atoms with Gasteiger partial charge in [-0.15, -0.1) is 0 Å². The Balaban J connectivity index is 0.00000176. The van der Waals surface area contributed by atoms with E-state index in [9.17, 15) is 0 Å². The van der Waals surface area contributed by atoms with Crippen LogP contribution in [0.3, 0.4) is 0 Å². The summed E-state index contributed by atoms with van der Waals surface area (Å²) in [6.45, 7) is 2.44. The van der Waals surface area contributed by atoms with Gasteiger partial charge in [-0.25, -0.2) is 0 Å².